The minimum atomic E-state index is -1.35. The van der Waals surface area contributed by atoms with Crippen molar-refractivity contribution in [2.24, 2.45) is 0 Å². The van der Waals surface area contributed by atoms with Crippen LogP contribution in [0.25, 0.3) is 0 Å². The molecular weight excluding hydrogens is 178 g/mol. The van der Waals surface area contributed by atoms with E-state index in [2.05, 4.69) is 5.32 Å². The molecule has 0 aromatic heterocycles. The zero-order valence-electron chi connectivity index (χ0n) is 7.59. The number of carbonyl (C=O) groups excluding carboxylic acids is 1. The number of aliphatic hydroxyl groups is 1. The molecule has 1 unspecified atom stereocenters. The van der Waals surface area contributed by atoms with Gasteiger partial charge in [-0.05, 0) is 13.8 Å². The normalized spacial score (nSPS) is 14.0. The molecule has 1 amide bonds. The van der Waals surface area contributed by atoms with Crippen LogP contribution in [0.3, 0.4) is 0 Å². The third kappa shape index (κ3) is 5.26. The van der Waals surface area contributed by atoms with E-state index in [4.69, 9.17) is 5.11 Å². The van der Waals surface area contributed by atoms with Crippen LogP contribution in [0.5, 0.6) is 0 Å². The predicted octanol–water partition coefficient (Wildman–Crippen LogP) is -0.748. The Balaban J connectivity index is 3.66. The molecule has 5 heteroatoms. The molecule has 0 heterocycles. The molecule has 72 valence electrons. The first kappa shape index (κ1) is 11.6. The first-order valence-electron chi connectivity index (χ1n) is 3.64. The Morgan fingerprint density at radius 1 is 1.58 bits per heavy atom. The van der Waals surface area contributed by atoms with Crippen molar-refractivity contribution in [2.45, 2.75) is 19.4 Å². The molecule has 0 bridgehead atoms. The molecule has 1 atom stereocenters. The molecule has 0 radical (unpaired) electrons. The molecule has 0 saturated heterocycles. The van der Waals surface area contributed by atoms with Crippen LogP contribution in [0.4, 0.5) is 0 Å². The quantitative estimate of drug-likeness (QED) is 0.617. The van der Waals surface area contributed by atoms with Crippen LogP contribution in [0.2, 0.25) is 0 Å². The van der Waals surface area contributed by atoms with Gasteiger partial charge >= 0.3 is 0 Å². The van der Waals surface area contributed by atoms with Crippen LogP contribution >= 0.6 is 0 Å². The van der Waals surface area contributed by atoms with Gasteiger partial charge < -0.3 is 10.4 Å². The van der Waals surface area contributed by atoms with E-state index in [1.54, 1.807) is 6.26 Å². The van der Waals surface area contributed by atoms with Gasteiger partial charge in [0.25, 0.3) is 5.91 Å². The summed E-state index contributed by atoms with van der Waals surface area (Å²) in [6.45, 7) is 3.16. The van der Waals surface area contributed by atoms with Gasteiger partial charge in [-0.2, -0.15) is 0 Å². The number of carbonyl (C=O) groups is 1. The average molecular weight is 193 g/mol. The highest BCUT2D eigenvalue weighted by molar-refractivity contribution is 7.84. The second-order valence-corrected chi connectivity index (χ2v) is 4.65. The summed E-state index contributed by atoms with van der Waals surface area (Å²) in [7, 11) is -0.905. The van der Waals surface area contributed by atoms with E-state index < -0.39 is 22.3 Å². The molecule has 12 heavy (non-hydrogen) atoms. The lowest BCUT2D eigenvalue weighted by Crippen LogP contribution is -2.43. The van der Waals surface area contributed by atoms with Gasteiger partial charge in [-0.15, -0.1) is 0 Å². The van der Waals surface area contributed by atoms with Crippen molar-refractivity contribution >= 4 is 16.7 Å². The molecule has 0 aromatic rings. The largest absolute Gasteiger partial charge is 0.381 e. The summed E-state index contributed by atoms with van der Waals surface area (Å²) in [5.41, 5.74) is -1.35. The maximum absolute atomic E-state index is 11.0. The molecule has 0 spiro atoms. The molecular formula is C7H15NO3S. The van der Waals surface area contributed by atoms with Gasteiger partial charge in [0, 0.05) is 29.4 Å². The number of hydrogen-bond donors (Lipinski definition) is 2. The highest BCUT2D eigenvalue weighted by atomic mass is 32.2. The van der Waals surface area contributed by atoms with E-state index >= 15 is 0 Å². The van der Waals surface area contributed by atoms with Crippen LogP contribution in [0.15, 0.2) is 0 Å². The first-order valence-corrected chi connectivity index (χ1v) is 5.37. The van der Waals surface area contributed by atoms with Gasteiger partial charge in [0.15, 0.2) is 0 Å². The van der Waals surface area contributed by atoms with E-state index in [1.807, 2.05) is 0 Å². The molecule has 0 aromatic carbocycles. The Labute approximate surface area is 74.8 Å². The summed E-state index contributed by atoms with van der Waals surface area (Å²) in [6.07, 6.45) is 1.57. The summed E-state index contributed by atoms with van der Waals surface area (Å²) in [5.74, 6) is -0.0186. The van der Waals surface area contributed by atoms with E-state index in [0.29, 0.717) is 12.3 Å². The molecule has 0 rings (SSSR count). The van der Waals surface area contributed by atoms with Gasteiger partial charge in [-0.1, -0.05) is 0 Å². The zero-order chi connectivity index (χ0) is 9.78. The summed E-state index contributed by atoms with van der Waals surface area (Å²) in [5, 5.41) is 11.6. The Kier molecular flexibility index (Phi) is 4.41. The fourth-order valence-electron chi connectivity index (χ4n) is 0.525. The predicted molar refractivity (Wildman–Crippen MR) is 48.2 cm³/mol. The van der Waals surface area contributed by atoms with Gasteiger partial charge in [-0.25, -0.2) is 0 Å². The minimum Gasteiger partial charge on any atom is -0.381 e. The molecule has 0 fully saturated rings. The molecule has 4 nitrogen and oxygen atoms in total. The lowest BCUT2D eigenvalue weighted by atomic mass is 10.1. The maximum atomic E-state index is 11.0. The van der Waals surface area contributed by atoms with Gasteiger partial charge in [0.2, 0.25) is 0 Å². The van der Waals surface area contributed by atoms with Crippen molar-refractivity contribution < 1.29 is 14.1 Å². The van der Waals surface area contributed by atoms with Crippen molar-refractivity contribution in [1.29, 1.82) is 0 Å². The summed E-state index contributed by atoms with van der Waals surface area (Å²) in [6, 6.07) is 0. The first-order chi connectivity index (χ1) is 5.34. The standard InChI is InChI=1S/C7H15NO3S/c1-7(2,10)6(9)8-4-5-12(3)11/h10H,4-5H2,1-3H3,(H,8,9). The van der Waals surface area contributed by atoms with Crippen molar-refractivity contribution in [3.63, 3.8) is 0 Å². The molecule has 0 aliphatic heterocycles. The maximum Gasteiger partial charge on any atom is 0.251 e. The van der Waals surface area contributed by atoms with E-state index in [9.17, 15) is 9.00 Å². The van der Waals surface area contributed by atoms with Crippen molar-refractivity contribution in [3.8, 4) is 0 Å². The fraction of sp³-hybridized carbons (Fsp3) is 0.857. The van der Waals surface area contributed by atoms with Gasteiger partial charge in [0.05, 0.1) is 0 Å². The number of hydrogen-bond acceptors (Lipinski definition) is 3. The Morgan fingerprint density at radius 3 is 2.42 bits per heavy atom. The topological polar surface area (TPSA) is 66.4 Å². The molecule has 0 aliphatic rings. The van der Waals surface area contributed by atoms with Crippen LogP contribution in [-0.4, -0.2) is 39.4 Å². The Bertz CT molecular complexity index is 186. The molecule has 0 saturated carbocycles. The average Bonchev–Trinajstić information content (AvgIpc) is 1.84. The highest BCUT2D eigenvalue weighted by Crippen LogP contribution is 1.98. The van der Waals surface area contributed by atoms with Crippen LogP contribution in [0.1, 0.15) is 13.8 Å². The third-order valence-corrected chi connectivity index (χ3v) is 2.01. The van der Waals surface area contributed by atoms with Crippen molar-refractivity contribution in [3.05, 3.63) is 0 Å². The number of amides is 1. The van der Waals surface area contributed by atoms with E-state index in [-0.39, 0.29) is 0 Å². The number of nitrogens with one attached hydrogen (secondary N) is 1. The van der Waals surface area contributed by atoms with Crippen LogP contribution in [0, 0.1) is 0 Å². The zero-order valence-corrected chi connectivity index (χ0v) is 8.40. The fourth-order valence-corrected chi connectivity index (χ4v) is 0.914. The third-order valence-electron chi connectivity index (χ3n) is 1.23. The van der Waals surface area contributed by atoms with Gasteiger partial charge in [0.1, 0.15) is 5.60 Å². The second kappa shape index (κ2) is 4.57. The second-order valence-electron chi connectivity index (χ2n) is 3.09. The number of rotatable bonds is 4. The van der Waals surface area contributed by atoms with Crippen molar-refractivity contribution in [1.82, 2.24) is 5.32 Å². The summed E-state index contributed by atoms with van der Waals surface area (Å²) < 4.78 is 10.6. The van der Waals surface area contributed by atoms with Gasteiger partial charge in [-0.3, -0.25) is 9.00 Å². The molecule has 0 aliphatic carbocycles. The monoisotopic (exact) mass is 193 g/mol. The van der Waals surface area contributed by atoms with Crippen LogP contribution < -0.4 is 5.32 Å². The van der Waals surface area contributed by atoms with E-state index in [1.165, 1.54) is 13.8 Å². The summed E-state index contributed by atoms with van der Waals surface area (Å²) in [4.78, 5) is 11.0. The minimum absolute atomic E-state index is 0.339. The van der Waals surface area contributed by atoms with E-state index in [0.717, 1.165) is 0 Å². The SMILES string of the molecule is CS(=O)CCNC(=O)C(C)(C)O. The highest BCUT2D eigenvalue weighted by Gasteiger charge is 2.22. The summed E-state index contributed by atoms with van der Waals surface area (Å²) >= 11 is 0. The smallest absolute Gasteiger partial charge is 0.251 e. The molecule has 2 N–H and O–H groups in total. The lowest BCUT2D eigenvalue weighted by Gasteiger charge is -2.15. The Hall–Kier alpha value is -0.420. The van der Waals surface area contributed by atoms with Crippen LogP contribution in [-0.2, 0) is 15.6 Å². The van der Waals surface area contributed by atoms with Crippen molar-refractivity contribution in [2.75, 3.05) is 18.6 Å². The lowest BCUT2D eigenvalue weighted by molar-refractivity contribution is -0.136. The Morgan fingerprint density at radius 2 is 2.08 bits per heavy atom.